The van der Waals surface area contributed by atoms with Crippen LogP contribution in [0.25, 0.3) is 0 Å². The molecule has 330 valence electrons. The monoisotopic (exact) mass is 934 g/mol. The molecule has 0 spiro atoms. The third-order valence-electron chi connectivity index (χ3n) is 9.18. The zero-order valence-corrected chi connectivity index (χ0v) is 31.3. The Labute approximate surface area is 340 Å². The molecule has 0 aromatic heterocycles. The molecular formula is C40H15BF20OS. The molecule has 0 aliphatic rings. The van der Waals surface area contributed by atoms with Gasteiger partial charge in [-0.3, -0.25) is 0 Å². The van der Waals surface area contributed by atoms with Crippen LogP contribution in [0.3, 0.4) is 0 Å². The lowest BCUT2D eigenvalue weighted by molar-refractivity contribution is 0.378. The minimum atomic E-state index is -7.22. The van der Waals surface area contributed by atoms with Crippen LogP contribution in [0.15, 0.2) is 60.7 Å². The number of rotatable bonds is 6. The molecule has 0 amide bonds. The van der Waals surface area contributed by atoms with E-state index in [1.165, 1.54) is 0 Å². The van der Waals surface area contributed by atoms with Gasteiger partial charge < -0.3 is 0 Å². The van der Waals surface area contributed by atoms with Gasteiger partial charge in [-0.25, -0.2) is 87.8 Å². The van der Waals surface area contributed by atoms with Crippen LogP contribution in [-0.2, 0) is 19.9 Å². The summed E-state index contributed by atoms with van der Waals surface area (Å²) in [6.45, 7) is 0. The first-order valence-corrected chi connectivity index (χ1v) is 18.8. The molecule has 0 bridgehead atoms. The average Bonchev–Trinajstić information content (AvgIpc) is 3.26. The summed E-state index contributed by atoms with van der Waals surface area (Å²) >= 11 is 0. The van der Waals surface area contributed by atoms with E-state index in [-0.39, 0.29) is 0 Å². The van der Waals surface area contributed by atoms with Gasteiger partial charge in [-0.2, -0.15) is 0 Å². The third kappa shape index (κ3) is 8.11. The largest absolute Gasteiger partial charge is 0.207 e. The SMILES string of the molecule is C[S+](=O)(C#Cc1ccccc1)Cc1ccccc1.Fc1c(F)c(F)c([B-](c2c(F)c(F)c(F)c(F)c2F)(c2c(F)c(F)c(F)c(F)c2F)c2c(F)c(F)c(F)c(F)c2F)c(F)c1F. The maximum Gasteiger partial charge on any atom is 0.200 e. The van der Waals surface area contributed by atoms with Crippen LogP contribution >= 0.6 is 0 Å². The van der Waals surface area contributed by atoms with E-state index < -0.39 is 154 Å². The normalized spacial score (nSPS) is 12.3. The van der Waals surface area contributed by atoms with Crippen LogP contribution in [0.5, 0.6) is 0 Å². The molecule has 6 aromatic rings. The number of hydrogen-bond acceptors (Lipinski definition) is 1. The molecule has 1 atom stereocenters. The van der Waals surface area contributed by atoms with Crippen molar-refractivity contribution in [3.05, 3.63) is 188 Å². The van der Waals surface area contributed by atoms with Gasteiger partial charge in [-0.1, -0.05) is 52.7 Å². The fourth-order valence-electron chi connectivity index (χ4n) is 6.49. The highest BCUT2D eigenvalue weighted by Gasteiger charge is 2.52. The molecular weight excluding hydrogens is 919 g/mol. The van der Waals surface area contributed by atoms with Crippen LogP contribution in [0.2, 0.25) is 0 Å². The summed E-state index contributed by atoms with van der Waals surface area (Å²) in [7, 11) is -2.14. The Hall–Kier alpha value is -6.31. The highest BCUT2D eigenvalue weighted by molar-refractivity contribution is 8.05. The summed E-state index contributed by atoms with van der Waals surface area (Å²) < 4.78 is 306. The van der Waals surface area contributed by atoms with Crippen molar-refractivity contribution in [2.45, 2.75) is 5.75 Å². The maximum atomic E-state index is 15.4. The second kappa shape index (κ2) is 17.8. The van der Waals surface area contributed by atoms with Gasteiger partial charge in [-0.05, 0) is 18.1 Å². The Bertz CT molecular complexity index is 2530. The smallest absolute Gasteiger partial charge is 0.200 e. The highest BCUT2D eigenvalue weighted by atomic mass is 32.2. The van der Waals surface area contributed by atoms with Crippen molar-refractivity contribution in [1.82, 2.24) is 0 Å². The van der Waals surface area contributed by atoms with Gasteiger partial charge in [-0.15, -0.1) is 21.9 Å². The molecule has 0 saturated carbocycles. The van der Waals surface area contributed by atoms with Crippen LogP contribution < -0.4 is 21.9 Å². The molecule has 1 unspecified atom stereocenters. The molecule has 0 fully saturated rings. The van der Waals surface area contributed by atoms with E-state index in [1.807, 2.05) is 60.7 Å². The van der Waals surface area contributed by atoms with Gasteiger partial charge in [0.05, 0.1) is 0 Å². The molecule has 23 heteroatoms. The number of hydrogen-bond donors (Lipinski definition) is 0. The van der Waals surface area contributed by atoms with Gasteiger partial charge in [0.15, 0.2) is 85.0 Å². The van der Waals surface area contributed by atoms with Crippen LogP contribution in [0.4, 0.5) is 87.8 Å². The lowest BCUT2D eigenvalue weighted by Gasteiger charge is -2.44. The summed E-state index contributed by atoms with van der Waals surface area (Å²) in [5.74, 6) is -67.9. The molecule has 0 aliphatic carbocycles. The molecule has 1 nitrogen and oxygen atoms in total. The van der Waals surface area contributed by atoms with E-state index in [2.05, 4.69) is 11.2 Å². The predicted octanol–water partition coefficient (Wildman–Crippen LogP) is 9.17. The molecule has 6 rings (SSSR count). The fourth-order valence-corrected chi connectivity index (χ4v) is 7.73. The minimum Gasteiger partial charge on any atom is -0.207 e. The Kier molecular flexibility index (Phi) is 13.5. The molecule has 63 heavy (non-hydrogen) atoms. The summed E-state index contributed by atoms with van der Waals surface area (Å²) in [6, 6.07) is 19.5. The first kappa shape index (κ1) is 47.7. The van der Waals surface area contributed by atoms with Crippen LogP contribution in [0.1, 0.15) is 11.1 Å². The van der Waals surface area contributed by atoms with E-state index >= 15 is 35.1 Å². The van der Waals surface area contributed by atoms with Gasteiger partial charge in [0.2, 0.25) is 0 Å². The summed E-state index contributed by atoms with van der Waals surface area (Å²) in [6.07, 6.45) is -5.50. The van der Waals surface area contributed by atoms with Crippen molar-refractivity contribution in [2.24, 2.45) is 0 Å². The van der Waals surface area contributed by atoms with Gasteiger partial charge in [0.25, 0.3) is 0 Å². The van der Waals surface area contributed by atoms with Crippen molar-refractivity contribution < 1.29 is 92.0 Å². The third-order valence-corrected chi connectivity index (χ3v) is 10.6. The van der Waals surface area contributed by atoms with Gasteiger partial charge >= 0.3 is 0 Å². The zero-order valence-electron chi connectivity index (χ0n) is 30.4. The maximum absolute atomic E-state index is 15.4. The van der Waals surface area contributed by atoms with Crippen molar-refractivity contribution in [3.8, 4) is 11.2 Å². The summed E-state index contributed by atoms with van der Waals surface area (Å²) in [5, 5.41) is 2.90. The Morgan fingerprint density at radius 3 is 0.841 bits per heavy atom. The Balaban J connectivity index is 0.000000345. The topological polar surface area (TPSA) is 17.1 Å². The summed E-state index contributed by atoms with van der Waals surface area (Å²) in [4.78, 5) is 0. The van der Waals surface area contributed by atoms with Crippen molar-refractivity contribution in [1.29, 1.82) is 0 Å². The molecule has 0 saturated heterocycles. The second-order valence-electron chi connectivity index (χ2n) is 13.0. The zero-order chi connectivity index (χ0) is 47.2. The van der Waals surface area contributed by atoms with E-state index in [4.69, 9.17) is 0 Å². The second-order valence-corrected chi connectivity index (χ2v) is 15.5. The predicted molar refractivity (Wildman–Crippen MR) is 187 cm³/mol. The minimum absolute atomic E-state index is 0.508. The first-order chi connectivity index (χ1) is 29.4. The van der Waals surface area contributed by atoms with Gasteiger partial charge in [0.1, 0.15) is 64.7 Å². The number of halogens is 20. The van der Waals surface area contributed by atoms with Crippen molar-refractivity contribution in [3.63, 3.8) is 0 Å². The van der Waals surface area contributed by atoms with Gasteiger partial charge in [0, 0.05) is 11.1 Å². The van der Waals surface area contributed by atoms with E-state index in [0.717, 1.165) is 11.1 Å². The Morgan fingerprint density at radius 2 is 0.587 bits per heavy atom. The molecule has 0 heterocycles. The molecule has 6 aromatic carbocycles. The van der Waals surface area contributed by atoms with E-state index in [9.17, 15) is 56.9 Å². The van der Waals surface area contributed by atoms with Crippen molar-refractivity contribution in [2.75, 3.05) is 6.26 Å². The lowest BCUT2D eigenvalue weighted by atomic mass is 9.12. The lowest BCUT2D eigenvalue weighted by Crippen LogP contribution is -2.81. The fraction of sp³-hybridized carbons (Fsp3) is 0.0500. The quantitative estimate of drug-likeness (QED) is 0.0407. The van der Waals surface area contributed by atoms with Crippen molar-refractivity contribution >= 4 is 37.9 Å². The molecule has 0 radical (unpaired) electrons. The van der Waals surface area contributed by atoms with Crippen LogP contribution in [0, 0.1) is 128 Å². The summed E-state index contributed by atoms with van der Waals surface area (Å²) in [5.41, 5.74) is -12.4. The molecule has 0 aliphatic heterocycles. The van der Waals surface area contributed by atoms with E-state index in [1.54, 1.807) is 6.26 Å². The Morgan fingerprint density at radius 1 is 0.365 bits per heavy atom. The van der Waals surface area contributed by atoms with E-state index in [0.29, 0.717) is 5.75 Å². The highest BCUT2D eigenvalue weighted by Crippen LogP contribution is 2.31. The van der Waals surface area contributed by atoms with Crippen LogP contribution in [-0.4, -0.2) is 12.4 Å². The first-order valence-electron chi connectivity index (χ1n) is 16.7. The average molecular weight is 934 g/mol. The molecule has 0 N–H and O–H groups in total. The standard InChI is InChI=1S/C24BF20.C16H15OS/c26-5-1(6(27)14(35)21(42)13(5)34)25(2-7(28)15(36)22(43)16(37)8(2)29,3-9(30)17(38)23(44)18(39)10(3)31)4-11(32)19(40)24(45)20(41)12(4)33;1-18(17,14-16-10-6-3-7-11-16)13-12-15-8-4-2-5-9-15/h;2-11H,14H2,1H3/q-1;+1. The number of benzene rings is 6.